The van der Waals surface area contributed by atoms with Gasteiger partial charge in [0.05, 0.1) is 0 Å². The fourth-order valence-electron chi connectivity index (χ4n) is 2.51. The molecule has 0 aliphatic carbocycles. The fourth-order valence-corrected chi connectivity index (χ4v) is 2.51. The van der Waals surface area contributed by atoms with Gasteiger partial charge in [-0.3, -0.25) is 4.90 Å². The molecule has 0 saturated carbocycles. The SMILES string of the molecule is Oc1ccc(/C=C/CN2Cc3ccccc3C2)cc1O. The van der Waals surface area contributed by atoms with E-state index in [0.717, 1.165) is 25.2 Å². The summed E-state index contributed by atoms with van der Waals surface area (Å²) in [5.74, 6) is -0.169. The second-order valence-electron chi connectivity index (χ2n) is 5.09. The summed E-state index contributed by atoms with van der Waals surface area (Å²) < 4.78 is 0. The predicted molar refractivity (Wildman–Crippen MR) is 79.4 cm³/mol. The van der Waals surface area contributed by atoms with Crippen molar-refractivity contribution < 1.29 is 10.2 Å². The summed E-state index contributed by atoms with van der Waals surface area (Å²) in [7, 11) is 0. The number of fused-ring (bicyclic) bond motifs is 1. The predicted octanol–water partition coefficient (Wildman–Crippen LogP) is 3.13. The molecule has 2 N–H and O–H groups in total. The maximum Gasteiger partial charge on any atom is 0.157 e. The Balaban J connectivity index is 1.61. The maximum atomic E-state index is 9.43. The zero-order valence-electron chi connectivity index (χ0n) is 11.2. The molecule has 0 radical (unpaired) electrons. The van der Waals surface area contributed by atoms with E-state index in [1.54, 1.807) is 12.1 Å². The van der Waals surface area contributed by atoms with Crippen LogP contribution in [-0.2, 0) is 13.1 Å². The Bertz CT molecular complexity index is 624. The third-order valence-electron chi connectivity index (χ3n) is 3.58. The van der Waals surface area contributed by atoms with E-state index in [9.17, 15) is 10.2 Å². The van der Waals surface area contributed by atoms with E-state index in [2.05, 4.69) is 35.2 Å². The number of phenolic OH excluding ortho intramolecular Hbond substituents is 2. The molecule has 0 amide bonds. The molecule has 3 nitrogen and oxygen atoms in total. The lowest BCUT2D eigenvalue weighted by Gasteiger charge is -2.11. The van der Waals surface area contributed by atoms with Gasteiger partial charge in [-0.25, -0.2) is 0 Å². The van der Waals surface area contributed by atoms with Gasteiger partial charge in [-0.1, -0.05) is 42.5 Å². The normalized spacial score (nSPS) is 14.8. The maximum absolute atomic E-state index is 9.43. The molecular weight excluding hydrogens is 250 g/mol. The van der Waals surface area contributed by atoms with E-state index in [4.69, 9.17) is 0 Å². The average Bonchev–Trinajstić information content (AvgIpc) is 2.85. The van der Waals surface area contributed by atoms with Gasteiger partial charge in [-0.15, -0.1) is 0 Å². The van der Waals surface area contributed by atoms with E-state index in [-0.39, 0.29) is 11.5 Å². The van der Waals surface area contributed by atoms with Crippen LogP contribution in [-0.4, -0.2) is 21.7 Å². The van der Waals surface area contributed by atoms with Gasteiger partial charge in [-0.05, 0) is 28.8 Å². The van der Waals surface area contributed by atoms with E-state index >= 15 is 0 Å². The van der Waals surface area contributed by atoms with E-state index < -0.39 is 0 Å². The van der Waals surface area contributed by atoms with Crippen molar-refractivity contribution in [3.8, 4) is 11.5 Å². The first-order valence-corrected chi connectivity index (χ1v) is 6.70. The van der Waals surface area contributed by atoms with Gasteiger partial charge in [-0.2, -0.15) is 0 Å². The molecule has 1 heterocycles. The Morgan fingerprint density at radius 2 is 1.65 bits per heavy atom. The van der Waals surface area contributed by atoms with Crippen LogP contribution in [0.3, 0.4) is 0 Å². The van der Waals surface area contributed by atoms with Gasteiger partial charge in [0, 0.05) is 19.6 Å². The molecule has 3 heteroatoms. The summed E-state index contributed by atoms with van der Waals surface area (Å²) in [5, 5.41) is 18.7. The molecule has 0 aromatic heterocycles. The highest BCUT2D eigenvalue weighted by Gasteiger charge is 2.16. The molecule has 0 fully saturated rings. The fraction of sp³-hybridized carbons (Fsp3) is 0.176. The van der Waals surface area contributed by atoms with Crippen LogP contribution in [0.5, 0.6) is 11.5 Å². The second-order valence-corrected chi connectivity index (χ2v) is 5.09. The van der Waals surface area contributed by atoms with Crippen LogP contribution in [0.15, 0.2) is 48.5 Å². The van der Waals surface area contributed by atoms with E-state index in [1.165, 1.54) is 17.2 Å². The summed E-state index contributed by atoms with van der Waals surface area (Å²) in [5.41, 5.74) is 3.70. The van der Waals surface area contributed by atoms with Crippen molar-refractivity contribution in [2.45, 2.75) is 13.1 Å². The first kappa shape index (κ1) is 12.8. The van der Waals surface area contributed by atoms with Crippen molar-refractivity contribution in [1.29, 1.82) is 0 Å². The van der Waals surface area contributed by atoms with Crippen LogP contribution in [0.4, 0.5) is 0 Å². The Hall–Kier alpha value is -2.26. The van der Waals surface area contributed by atoms with Crippen LogP contribution in [0.2, 0.25) is 0 Å². The minimum atomic E-state index is -0.0860. The molecule has 3 rings (SSSR count). The van der Waals surface area contributed by atoms with Crippen molar-refractivity contribution in [2.24, 2.45) is 0 Å². The Morgan fingerprint density at radius 3 is 2.30 bits per heavy atom. The quantitative estimate of drug-likeness (QED) is 0.840. The van der Waals surface area contributed by atoms with Gasteiger partial charge in [0.1, 0.15) is 0 Å². The van der Waals surface area contributed by atoms with Gasteiger partial charge in [0.15, 0.2) is 11.5 Å². The summed E-state index contributed by atoms with van der Waals surface area (Å²) in [4.78, 5) is 2.36. The number of rotatable bonds is 3. The molecule has 1 aliphatic heterocycles. The Labute approximate surface area is 118 Å². The number of benzene rings is 2. The molecule has 0 spiro atoms. The van der Waals surface area contributed by atoms with Crippen molar-refractivity contribution in [3.63, 3.8) is 0 Å². The number of hydrogen-bond donors (Lipinski definition) is 2. The minimum Gasteiger partial charge on any atom is -0.504 e. The van der Waals surface area contributed by atoms with Gasteiger partial charge < -0.3 is 10.2 Å². The highest BCUT2D eigenvalue weighted by Crippen LogP contribution is 2.25. The molecule has 0 saturated heterocycles. The third-order valence-corrected chi connectivity index (χ3v) is 3.58. The second kappa shape index (κ2) is 5.39. The van der Waals surface area contributed by atoms with Crippen LogP contribution in [0.25, 0.3) is 6.08 Å². The lowest BCUT2D eigenvalue weighted by molar-refractivity contribution is 0.317. The standard InChI is InChI=1S/C17H17NO2/c19-16-8-7-13(10-17(16)20)4-3-9-18-11-14-5-1-2-6-15(14)12-18/h1-8,10,19-20H,9,11-12H2/b4-3+. The Morgan fingerprint density at radius 1 is 0.950 bits per heavy atom. The molecule has 102 valence electrons. The largest absolute Gasteiger partial charge is 0.504 e. The molecular formula is C17H17NO2. The van der Waals surface area contributed by atoms with Crippen molar-refractivity contribution >= 4 is 6.08 Å². The molecule has 2 aromatic carbocycles. The minimum absolute atomic E-state index is 0.0827. The van der Waals surface area contributed by atoms with Gasteiger partial charge in [0.25, 0.3) is 0 Å². The first-order valence-electron chi connectivity index (χ1n) is 6.70. The molecule has 2 aromatic rings. The van der Waals surface area contributed by atoms with Crippen molar-refractivity contribution in [1.82, 2.24) is 4.90 Å². The molecule has 0 unspecified atom stereocenters. The van der Waals surface area contributed by atoms with E-state index in [0.29, 0.717) is 0 Å². The average molecular weight is 267 g/mol. The van der Waals surface area contributed by atoms with Crippen LogP contribution >= 0.6 is 0 Å². The first-order chi connectivity index (χ1) is 9.72. The van der Waals surface area contributed by atoms with Crippen molar-refractivity contribution in [2.75, 3.05) is 6.54 Å². The molecule has 0 bridgehead atoms. The van der Waals surface area contributed by atoms with Crippen LogP contribution in [0.1, 0.15) is 16.7 Å². The molecule has 1 aliphatic rings. The van der Waals surface area contributed by atoms with Crippen LogP contribution in [0, 0.1) is 0 Å². The lowest BCUT2D eigenvalue weighted by atomic mass is 10.1. The summed E-state index contributed by atoms with van der Waals surface area (Å²) in [6, 6.07) is 13.4. The van der Waals surface area contributed by atoms with Gasteiger partial charge in [0.2, 0.25) is 0 Å². The summed E-state index contributed by atoms with van der Waals surface area (Å²) in [6.07, 6.45) is 4.04. The van der Waals surface area contributed by atoms with Crippen LogP contribution < -0.4 is 0 Å². The lowest BCUT2D eigenvalue weighted by Crippen LogP contribution is -2.15. The highest BCUT2D eigenvalue weighted by molar-refractivity contribution is 5.55. The monoisotopic (exact) mass is 267 g/mol. The smallest absolute Gasteiger partial charge is 0.157 e. The van der Waals surface area contributed by atoms with Crippen molar-refractivity contribution in [3.05, 3.63) is 65.2 Å². The summed E-state index contributed by atoms with van der Waals surface area (Å²) in [6.45, 7) is 2.85. The Kier molecular flexibility index (Phi) is 3.44. The number of nitrogens with zero attached hydrogens (tertiary/aromatic N) is 1. The zero-order chi connectivity index (χ0) is 13.9. The van der Waals surface area contributed by atoms with E-state index in [1.807, 2.05) is 6.08 Å². The third kappa shape index (κ3) is 2.68. The number of aromatic hydroxyl groups is 2. The van der Waals surface area contributed by atoms with Gasteiger partial charge >= 0.3 is 0 Å². The molecule has 0 atom stereocenters. The number of hydrogen-bond acceptors (Lipinski definition) is 3. The summed E-state index contributed by atoms with van der Waals surface area (Å²) >= 11 is 0. The molecule has 20 heavy (non-hydrogen) atoms. The highest BCUT2D eigenvalue weighted by atomic mass is 16.3. The topological polar surface area (TPSA) is 43.7 Å². The number of phenols is 2. The zero-order valence-corrected chi connectivity index (χ0v) is 11.2.